The average Bonchev–Trinajstić information content (AvgIpc) is 2.53. The van der Waals surface area contributed by atoms with Crippen molar-refractivity contribution in [3.05, 3.63) is 35.4 Å². The normalized spacial score (nSPS) is 32.5. The summed E-state index contributed by atoms with van der Waals surface area (Å²) in [4.78, 5) is 12.4. The van der Waals surface area contributed by atoms with Gasteiger partial charge in [0.05, 0.1) is 19.2 Å². The molecule has 1 aromatic carbocycles. The number of benzene rings is 1. The topological polar surface area (TPSA) is 20.3 Å². The largest absolute Gasteiger partial charge is 0.299 e. The van der Waals surface area contributed by atoms with Crippen LogP contribution in [-0.4, -0.2) is 35.6 Å². The van der Waals surface area contributed by atoms with Gasteiger partial charge in [-0.25, -0.2) is 4.59 Å². The summed E-state index contributed by atoms with van der Waals surface area (Å²) in [5.74, 6) is 0.803. The fourth-order valence-corrected chi connectivity index (χ4v) is 3.15. The maximum atomic E-state index is 12.4. The van der Waals surface area contributed by atoms with Crippen molar-refractivity contribution in [2.75, 3.05) is 20.1 Å². The number of rotatable bonds is 0. The van der Waals surface area contributed by atoms with Gasteiger partial charge in [0.1, 0.15) is 13.1 Å². The van der Waals surface area contributed by atoms with Crippen LogP contribution in [0.4, 0.5) is 0 Å². The molecule has 1 amide bonds. The van der Waals surface area contributed by atoms with Crippen LogP contribution in [0.1, 0.15) is 22.8 Å². The molecule has 1 fully saturated rings. The van der Waals surface area contributed by atoms with Crippen molar-refractivity contribution < 1.29 is 9.39 Å². The fraction of sp³-hybridized carbons (Fsp3) is 0.462. The van der Waals surface area contributed by atoms with E-state index in [1.54, 1.807) is 0 Å². The maximum Gasteiger partial charge on any atom is 0.299 e. The van der Waals surface area contributed by atoms with Crippen LogP contribution in [0.3, 0.4) is 0 Å². The van der Waals surface area contributed by atoms with Gasteiger partial charge in [-0.15, -0.1) is 0 Å². The van der Waals surface area contributed by atoms with Crippen molar-refractivity contribution in [1.29, 1.82) is 0 Å². The Morgan fingerprint density at radius 1 is 1.38 bits per heavy atom. The molecule has 2 heterocycles. The Kier molecular flexibility index (Phi) is 1.89. The highest BCUT2D eigenvalue weighted by atomic mass is 16.2. The molecule has 0 radical (unpaired) electrons. The zero-order valence-corrected chi connectivity index (χ0v) is 9.81. The molecule has 2 aliphatic heterocycles. The van der Waals surface area contributed by atoms with E-state index in [1.807, 2.05) is 23.2 Å². The summed E-state index contributed by atoms with van der Waals surface area (Å²) < 4.78 is 0.761. The molecule has 0 aromatic heterocycles. The minimum atomic E-state index is 0.203. The predicted octanol–water partition coefficient (Wildman–Crippen LogP) is 1.65. The third-order valence-electron chi connectivity index (χ3n) is 3.77. The lowest BCUT2D eigenvalue weighted by Gasteiger charge is -2.40. The third-order valence-corrected chi connectivity index (χ3v) is 3.77. The van der Waals surface area contributed by atoms with Crippen LogP contribution >= 0.6 is 0 Å². The molecule has 2 unspecified atom stereocenters. The Bertz CT molecular complexity index is 457. The number of nitrogens with zero attached hydrogens (tertiary/aromatic N) is 2. The number of amides is 1. The van der Waals surface area contributed by atoms with E-state index in [9.17, 15) is 4.79 Å². The molecule has 0 N–H and O–H groups in total. The first-order valence-corrected chi connectivity index (χ1v) is 5.85. The summed E-state index contributed by atoms with van der Waals surface area (Å²) in [5, 5.41) is 2.02. The summed E-state index contributed by atoms with van der Waals surface area (Å²) in [5.41, 5.74) is 2.09. The number of fused-ring (bicyclic) bond motifs is 2. The summed E-state index contributed by atoms with van der Waals surface area (Å²) in [7, 11) is 2.16. The number of carbonyl (C=O) groups is 1. The van der Waals surface area contributed by atoms with Gasteiger partial charge in [-0.3, -0.25) is 4.79 Å². The van der Waals surface area contributed by atoms with Gasteiger partial charge in [0, 0.05) is 11.5 Å². The first-order valence-electron chi connectivity index (χ1n) is 5.85. The van der Waals surface area contributed by atoms with E-state index >= 15 is 0 Å². The molecule has 84 valence electrons. The van der Waals surface area contributed by atoms with Crippen molar-refractivity contribution in [2.24, 2.45) is 5.92 Å². The van der Waals surface area contributed by atoms with Gasteiger partial charge >= 0.3 is 0 Å². The van der Waals surface area contributed by atoms with Gasteiger partial charge in [-0.05, 0) is 6.07 Å². The first kappa shape index (κ1) is 9.85. The molecule has 3 heteroatoms. The third kappa shape index (κ3) is 1.21. The first-order chi connectivity index (χ1) is 7.60. The smallest absolute Gasteiger partial charge is 0.264 e. The van der Waals surface area contributed by atoms with E-state index in [0.717, 1.165) is 29.8 Å². The van der Waals surface area contributed by atoms with Gasteiger partial charge in [0.15, 0.2) is 0 Å². The molecule has 3 rings (SSSR count). The molecular formula is C13H17N2O+. The van der Waals surface area contributed by atoms with Crippen LogP contribution < -0.4 is 0 Å². The summed E-state index contributed by atoms with van der Waals surface area (Å²) in [6, 6.07) is 8.00. The van der Waals surface area contributed by atoms with Gasteiger partial charge in [0.25, 0.3) is 5.91 Å². The average molecular weight is 217 g/mol. The second kappa shape index (κ2) is 3.08. The molecular weight excluding hydrogens is 200 g/mol. The zero-order chi connectivity index (χ0) is 11.3. The molecule has 1 saturated heterocycles. The number of hydrogen-bond donors (Lipinski definition) is 0. The van der Waals surface area contributed by atoms with Gasteiger partial charge in [-0.2, -0.15) is 5.01 Å². The zero-order valence-electron chi connectivity index (χ0n) is 9.81. The van der Waals surface area contributed by atoms with Crippen molar-refractivity contribution >= 4 is 5.91 Å². The fourth-order valence-electron chi connectivity index (χ4n) is 3.15. The second-order valence-electron chi connectivity index (χ2n) is 5.33. The van der Waals surface area contributed by atoms with Crippen molar-refractivity contribution in [1.82, 2.24) is 5.01 Å². The molecule has 1 aromatic rings. The van der Waals surface area contributed by atoms with Gasteiger partial charge < -0.3 is 0 Å². The number of hydrogen-bond acceptors (Lipinski definition) is 1. The lowest BCUT2D eigenvalue weighted by atomic mass is 10.0. The molecule has 16 heavy (non-hydrogen) atoms. The summed E-state index contributed by atoms with van der Waals surface area (Å²) in [6.07, 6.45) is 0. The van der Waals surface area contributed by atoms with E-state index in [1.165, 1.54) is 5.56 Å². The predicted molar refractivity (Wildman–Crippen MR) is 61.4 cm³/mol. The maximum absolute atomic E-state index is 12.4. The van der Waals surface area contributed by atoms with Crippen LogP contribution in [0, 0.1) is 5.92 Å². The molecule has 2 aliphatic rings. The van der Waals surface area contributed by atoms with E-state index in [-0.39, 0.29) is 5.91 Å². The SMILES string of the molecule is CC1CN2C(=O)c3ccccc3C[N+]2(C)C1. The minimum Gasteiger partial charge on any atom is -0.264 e. The van der Waals surface area contributed by atoms with E-state index < -0.39 is 0 Å². The standard InChI is InChI=1S/C13H17N2O/c1-10-7-14-13(16)12-6-4-3-5-11(12)9-15(14,2)8-10/h3-6,10H,7-9H2,1-2H3/q+1. The Hall–Kier alpha value is -1.35. The Balaban J connectivity index is 2.10. The van der Waals surface area contributed by atoms with Gasteiger partial charge in [0.2, 0.25) is 0 Å². The van der Waals surface area contributed by atoms with Crippen molar-refractivity contribution in [3.63, 3.8) is 0 Å². The molecule has 0 spiro atoms. The summed E-state index contributed by atoms with van der Waals surface area (Å²) in [6.45, 7) is 5.13. The molecule has 3 nitrogen and oxygen atoms in total. The quantitative estimate of drug-likeness (QED) is 0.605. The van der Waals surface area contributed by atoms with Crippen molar-refractivity contribution in [2.45, 2.75) is 13.5 Å². The number of carbonyl (C=O) groups excluding carboxylic acids is 1. The Labute approximate surface area is 95.8 Å². The van der Waals surface area contributed by atoms with Crippen molar-refractivity contribution in [3.8, 4) is 0 Å². The Morgan fingerprint density at radius 3 is 2.94 bits per heavy atom. The molecule has 0 saturated carbocycles. The minimum absolute atomic E-state index is 0.203. The highest BCUT2D eigenvalue weighted by molar-refractivity contribution is 5.95. The molecule has 0 aliphatic carbocycles. The lowest BCUT2D eigenvalue weighted by Crippen LogP contribution is -2.57. The molecule has 0 bridgehead atoms. The van der Waals surface area contributed by atoms with Crippen LogP contribution in [0.15, 0.2) is 24.3 Å². The van der Waals surface area contributed by atoms with Crippen LogP contribution in [0.2, 0.25) is 0 Å². The monoisotopic (exact) mass is 217 g/mol. The van der Waals surface area contributed by atoms with Gasteiger partial charge in [-0.1, -0.05) is 25.1 Å². The lowest BCUT2D eigenvalue weighted by molar-refractivity contribution is -1.01. The van der Waals surface area contributed by atoms with Crippen LogP contribution in [0.5, 0.6) is 0 Å². The molecule has 2 atom stereocenters. The van der Waals surface area contributed by atoms with E-state index in [4.69, 9.17) is 0 Å². The van der Waals surface area contributed by atoms with E-state index in [0.29, 0.717) is 5.92 Å². The second-order valence-corrected chi connectivity index (χ2v) is 5.33. The van der Waals surface area contributed by atoms with Crippen LogP contribution in [0.25, 0.3) is 0 Å². The highest BCUT2D eigenvalue weighted by Crippen LogP contribution is 2.33. The van der Waals surface area contributed by atoms with Crippen LogP contribution in [-0.2, 0) is 6.54 Å². The number of quaternary nitrogens is 1. The Morgan fingerprint density at radius 2 is 2.12 bits per heavy atom. The summed E-state index contributed by atoms with van der Waals surface area (Å²) >= 11 is 0. The highest BCUT2D eigenvalue weighted by Gasteiger charge is 2.47. The van der Waals surface area contributed by atoms with E-state index in [2.05, 4.69) is 20.0 Å².